The maximum Gasteiger partial charge on any atom is 0.318 e. The van der Waals surface area contributed by atoms with E-state index in [1.54, 1.807) is 7.11 Å². The fourth-order valence-electron chi connectivity index (χ4n) is 2.55. The second-order valence-electron chi connectivity index (χ2n) is 5.74. The maximum atomic E-state index is 12.2. The summed E-state index contributed by atoms with van der Waals surface area (Å²) < 4.78 is 10.4. The fourth-order valence-corrected chi connectivity index (χ4v) is 2.55. The largest absolute Gasteiger partial charge is 0.385 e. The third-order valence-corrected chi connectivity index (χ3v) is 3.78. The van der Waals surface area contributed by atoms with Gasteiger partial charge in [0.2, 0.25) is 0 Å². The van der Waals surface area contributed by atoms with Crippen molar-refractivity contribution in [2.24, 2.45) is 0 Å². The molecule has 118 valence electrons. The minimum Gasteiger partial charge on any atom is -0.385 e. The molecule has 1 saturated heterocycles. The number of rotatable bonds is 6. The maximum absolute atomic E-state index is 12.2. The second-order valence-corrected chi connectivity index (χ2v) is 5.74. The van der Waals surface area contributed by atoms with E-state index in [9.17, 15) is 4.79 Å². The number of nitrogens with one attached hydrogen (secondary N) is 1. The fraction of sp³-hybridized carbons (Fsp3) is 0.733. The number of carbonyl (C=O) groups is 1. The molecule has 0 unspecified atom stereocenters. The van der Waals surface area contributed by atoms with Crippen molar-refractivity contribution in [1.29, 1.82) is 0 Å². The van der Waals surface area contributed by atoms with E-state index in [2.05, 4.69) is 24.3 Å². The van der Waals surface area contributed by atoms with E-state index in [1.165, 1.54) is 0 Å². The number of aromatic nitrogens is 1. The number of hydrogen-bond acceptors (Lipinski definition) is 4. The Morgan fingerprint density at radius 3 is 3.10 bits per heavy atom. The molecule has 1 aliphatic rings. The van der Waals surface area contributed by atoms with Crippen LogP contribution in [-0.4, -0.2) is 42.9 Å². The molecule has 6 heteroatoms. The lowest BCUT2D eigenvalue weighted by Gasteiger charge is -2.23. The Labute approximate surface area is 125 Å². The molecule has 0 spiro atoms. The van der Waals surface area contributed by atoms with Gasteiger partial charge >= 0.3 is 6.03 Å². The summed E-state index contributed by atoms with van der Waals surface area (Å²) in [5.74, 6) is 1.13. The molecule has 0 aromatic carbocycles. The Balaban J connectivity index is 1.94. The summed E-state index contributed by atoms with van der Waals surface area (Å²) in [5.41, 5.74) is 0.942. The monoisotopic (exact) mass is 295 g/mol. The Morgan fingerprint density at radius 2 is 2.43 bits per heavy atom. The first-order chi connectivity index (χ1) is 10.1. The Kier molecular flexibility index (Phi) is 5.61. The first-order valence-electron chi connectivity index (χ1n) is 7.63. The van der Waals surface area contributed by atoms with Crippen LogP contribution in [0.1, 0.15) is 56.5 Å². The molecular weight excluding hydrogens is 270 g/mol. The average molecular weight is 295 g/mol. The summed E-state index contributed by atoms with van der Waals surface area (Å²) in [4.78, 5) is 14.1. The van der Waals surface area contributed by atoms with Gasteiger partial charge in [-0.3, -0.25) is 0 Å². The van der Waals surface area contributed by atoms with Crippen molar-refractivity contribution in [3.8, 4) is 0 Å². The third kappa shape index (κ3) is 3.97. The van der Waals surface area contributed by atoms with E-state index >= 15 is 0 Å². The molecule has 21 heavy (non-hydrogen) atoms. The summed E-state index contributed by atoms with van der Waals surface area (Å²) >= 11 is 0. The van der Waals surface area contributed by atoms with Gasteiger partial charge in [-0.25, -0.2) is 4.79 Å². The van der Waals surface area contributed by atoms with Gasteiger partial charge in [0, 0.05) is 32.9 Å². The molecule has 1 aliphatic heterocycles. The van der Waals surface area contributed by atoms with E-state index in [0.29, 0.717) is 19.1 Å². The van der Waals surface area contributed by atoms with Crippen molar-refractivity contribution in [3.05, 3.63) is 17.5 Å². The summed E-state index contributed by atoms with van der Waals surface area (Å²) in [6.07, 6.45) is 2.74. The summed E-state index contributed by atoms with van der Waals surface area (Å²) in [7, 11) is 1.66. The number of amides is 2. The van der Waals surface area contributed by atoms with Gasteiger partial charge in [-0.1, -0.05) is 19.0 Å². The summed E-state index contributed by atoms with van der Waals surface area (Å²) in [6.45, 7) is 6.21. The molecule has 1 aromatic heterocycles. The summed E-state index contributed by atoms with van der Waals surface area (Å²) in [6, 6.07) is 1.95. The first-order valence-corrected chi connectivity index (χ1v) is 7.63. The first kappa shape index (κ1) is 15.8. The van der Waals surface area contributed by atoms with E-state index in [4.69, 9.17) is 9.26 Å². The molecule has 1 fully saturated rings. The zero-order chi connectivity index (χ0) is 15.2. The zero-order valence-electron chi connectivity index (χ0n) is 13.1. The number of likely N-dealkylation sites (tertiary alicyclic amines) is 1. The summed E-state index contributed by atoms with van der Waals surface area (Å²) in [5, 5.41) is 7.02. The molecule has 1 N–H and O–H groups in total. The van der Waals surface area contributed by atoms with Gasteiger partial charge in [0.05, 0.1) is 11.7 Å². The quantitative estimate of drug-likeness (QED) is 0.819. The standard InChI is InChI=1S/C15H25N3O3/c1-11(2)12-10-14(21-17-12)13-6-4-8-18(13)15(19)16-7-5-9-20-3/h10-11,13H,4-9H2,1-3H3,(H,16,19)/t13-/m1/s1. The third-order valence-electron chi connectivity index (χ3n) is 3.78. The van der Waals surface area contributed by atoms with Crippen LogP contribution in [-0.2, 0) is 4.74 Å². The minimum atomic E-state index is -0.0314. The van der Waals surface area contributed by atoms with E-state index in [-0.39, 0.29) is 12.1 Å². The zero-order valence-corrected chi connectivity index (χ0v) is 13.1. The Hall–Kier alpha value is -1.56. The molecule has 6 nitrogen and oxygen atoms in total. The van der Waals surface area contributed by atoms with Crippen molar-refractivity contribution in [1.82, 2.24) is 15.4 Å². The van der Waals surface area contributed by atoms with Gasteiger partial charge < -0.3 is 19.5 Å². The van der Waals surface area contributed by atoms with Crippen LogP contribution in [0.25, 0.3) is 0 Å². The molecule has 0 saturated carbocycles. The SMILES string of the molecule is COCCCNC(=O)N1CCC[C@@H]1c1cc(C(C)C)no1. The highest BCUT2D eigenvalue weighted by Crippen LogP contribution is 2.33. The van der Waals surface area contributed by atoms with Crippen LogP contribution in [0, 0.1) is 0 Å². The molecule has 1 atom stereocenters. The average Bonchev–Trinajstić information content (AvgIpc) is 3.10. The van der Waals surface area contributed by atoms with Crippen molar-refractivity contribution in [2.75, 3.05) is 26.8 Å². The van der Waals surface area contributed by atoms with Crippen molar-refractivity contribution < 1.29 is 14.1 Å². The highest BCUT2D eigenvalue weighted by molar-refractivity contribution is 5.75. The smallest absolute Gasteiger partial charge is 0.318 e. The van der Waals surface area contributed by atoms with Crippen LogP contribution >= 0.6 is 0 Å². The van der Waals surface area contributed by atoms with Gasteiger partial charge in [0.15, 0.2) is 5.76 Å². The number of carbonyl (C=O) groups excluding carboxylic acids is 1. The number of methoxy groups -OCH3 is 1. The highest BCUT2D eigenvalue weighted by Gasteiger charge is 2.32. The number of urea groups is 1. The van der Waals surface area contributed by atoms with Crippen LogP contribution in [0.2, 0.25) is 0 Å². The van der Waals surface area contributed by atoms with Crippen LogP contribution in [0.15, 0.2) is 10.6 Å². The number of nitrogens with zero attached hydrogens (tertiary/aromatic N) is 2. The van der Waals surface area contributed by atoms with Gasteiger partial charge in [-0.05, 0) is 25.2 Å². The second kappa shape index (κ2) is 7.45. The van der Waals surface area contributed by atoms with Crippen LogP contribution < -0.4 is 5.32 Å². The van der Waals surface area contributed by atoms with Gasteiger partial charge in [-0.15, -0.1) is 0 Å². The predicted molar refractivity (Wildman–Crippen MR) is 79.2 cm³/mol. The molecule has 2 rings (SSSR count). The van der Waals surface area contributed by atoms with E-state index in [1.807, 2.05) is 11.0 Å². The minimum absolute atomic E-state index is 0.00688. The lowest BCUT2D eigenvalue weighted by atomic mass is 10.1. The molecular formula is C15H25N3O3. The van der Waals surface area contributed by atoms with Crippen molar-refractivity contribution in [3.63, 3.8) is 0 Å². The normalized spacial score (nSPS) is 18.5. The molecule has 1 aromatic rings. The molecule has 0 radical (unpaired) electrons. The van der Waals surface area contributed by atoms with Crippen LogP contribution in [0.5, 0.6) is 0 Å². The van der Waals surface area contributed by atoms with Crippen molar-refractivity contribution in [2.45, 2.75) is 45.1 Å². The topological polar surface area (TPSA) is 67.6 Å². The van der Waals surface area contributed by atoms with E-state index in [0.717, 1.165) is 37.3 Å². The highest BCUT2D eigenvalue weighted by atomic mass is 16.5. The van der Waals surface area contributed by atoms with Gasteiger partial charge in [0.25, 0.3) is 0 Å². The lowest BCUT2D eigenvalue weighted by Crippen LogP contribution is -2.40. The van der Waals surface area contributed by atoms with Crippen LogP contribution in [0.4, 0.5) is 4.79 Å². The van der Waals surface area contributed by atoms with Gasteiger partial charge in [-0.2, -0.15) is 0 Å². The Morgan fingerprint density at radius 1 is 1.62 bits per heavy atom. The Bertz CT molecular complexity index is 459. The van der Waals surface area contributed by atoms with Gasteiger partial charge in [0.1, 0.15) is 0 Å². The molecule has 0 aliphatic carbocycles. The van der Waals surface area contributed by atoms with Crippen LogP contribution in [0.3, 0.4) is 0 Å². The predicted octanol–water partition coefficient (Wildman–Crippen LogP) is 2.68. The molecule has 0 bridgehead atoms. The number of ether oxygens (including phenoxy) is 1. The lowest BCUT2D eigenvalue weighted by molar-refractivity contribution is 0.176. The molecule has 2 heterocycles. The van der Waals surface area contributed by atoms with E-state index < -0.39 is 0 Å². The van der Waals surface area contributed by atoms with Crippen molar-refractivity contribution >= 4 is 6.03 Å². The number of hydrogen-bond donors (Lipinski definition) is 1. The molecule has 2 amide bonds.